The number of hydrogen-bond acceptors (Lipinski definition) is 2. The molecule has 0 radical (unpaired) electrons. The summed E-state index contributed by atoms with van der Waals surface area (Å²) in [4.78, 5) is 8.64. The van der Waals surface area contributed by atoms with E-state index >= 15 is 0 Å². The van der Waals surface area contributed by atoms with Gasteiger partial charge in [-0.05, 0) is 40.0 Å². The Bertz CT molecular complexity index is 612. The second-order valence-corrected chi connectivity index (χ2v) is 6.42. The fraction of sp³-hybridized carbons (Fsp3) is 0.231. The summed E-state index contributed by atoms with van der Waals surface area (Å²) in [6.45, 7) is 4.02. The summed E-state index contributed by atoms with van der Waals surface area (Å²) in [6, 6.07) is 4.52. The van der Waals surface area contributed by atoms with Crippen LogP contribution in [0.25, 0.3) is 11.4 Å². The molecule has 1 heterocycles. The second kappa shape index (κ2) is 5.85. The summed E-state index contributed by atoms with van der Waals surface area (Å²) in [5, 5.41) is 0.328. The number of hydrogen-bond donors (Lipinski definition) is 0. The van der Waals surface area contributed by atoms with E-state index in [0.29, 0.717) is 25.5 Å². The average molecular weight is 408 g/mol. The lowest BCUT2D eigenvalue weighted by atomic mass is 10.1. The van der Waals surface area contributed by atoms with Crippen molar-refractivity contribution in [2.24, 2.45) is 0 Å². The maximum absolute atomic E-state index is 13.4. The van der Waals surface area contributed by atoms with Crippen LogP contribution in [0.1, 0.15) is 25.5 Å². The minimum atomic E-state index is -0.349. The van der Waals surface area contributed by atoms with Gasteiger partial charge in [-0.2, -0.15) is 0 Å². The maximum Gasteiger partial charge on any atom is 0.161 e. The zero-order valence-electron chi connectivity index (χ0n) is 10.2. The largest absolute Gasteiger partial charge is 0.232 e. The summed E-state index contributed by atoms with van der Waals surface area (Å²) >= 11 is 12.7. The molecule has 2 nitrogen and oxygen atoms in total. The Morgan fingerprint density at radius 3 is 2.42 bits per heavy atom. The molecule has 0 atom stereocenters. The van der Waals surface area contributed by atoms with Crippen LogP contribution in [0.4, 0.5) is 4.39 Å². The van der Waals surface area contributed by atoms with E-state index in [0.717, 1.165) is 5.69 Å². The molecule has 0 aliphatic heterocycles. The summed E-state index contributed by atoms with van der Waals surface area (Å²) < 4.78 is 14.7. The molecule has 100 valence electrons. The van der Waals surface area contributed by atoms with Crippen LogP contribution in [0.3, 0.4) is 0 Å². The Kier molecular flexibility index (Phi) is 4.58. The van der Waals surface area contributed by atoms with Crippen molar-refractivity contribution < 1.29 is 4.39 Å². The van der Waals surface area contributed by atoms with Crippen molar-refractivity contribution >= 4 is 43.5 Å². The molecule has 0 unspecified atom stereocenters. The number of rotatable bonds is 2. The molecule has 0 amide bonds. The molecule has 0 N–H and O–H groups in total. The standard InChI is InChI=1S/C13H10Br2ClFN2/c1-6(2)11-10(15)12(16)19-13(18-11)7-3-8(14)5-9(17)4-7/h3-6H,1-2H3. The van der Waals surface area contributed by atoms with E-state index < -0.39 is 0 Å². The monoisotopic (exact) mass is 406 g/mol. The van der Waals surface area contributed by atoms with Gasteiger partial charge >= 0.3 is 0 Å². The second-order valence-electron chi connectivity index (χ2n) is 4.35. The van der Waals surface area contributed by atoms with Crippen LogP contribution in [-0.4, -0.2) is 9.97 Å². The zero-order valence-corrected chi connectivity index (χ0v) is 14.1. The molecule has 0 saturated heterocycles. The lowest BCUT2D eigenvalue weighted by Gasteiger charge is -2.11. The van der Waals surface area contributed by atoms with Gasteiger partial charge in [-0.1, -0.05) is 41.4 Å². The first-order valence-electron chi connectivity index (χ1n) is 5.58. The zero-order chi connectivity index (χ0) is 14.2. The van der Waals surface area contributed by atoms with Gasteiger partial charge in [0.1, 0.15) is 11.0 Å². The van der Waals surface area contributed by atoms with Crippen molar-refractivity contribution in [1.82, 2.24) is 9.97 Å². The smallest absolute Gasteiger partial charge is 0.161 e. The first-order valence-corrected chi connectivity index (χ1v) is 7.54. The molecular formula is C13H10Br2ClFN2. The van der Waals surface area contributed by atoms with Crippen molar-refractivity contribution in [3.05, 3.63) is 43.8 Å². The van der Waals surface area contributed by atoms with E-state index in [4.69, 9.17) is 11.6 Å². The molecule has 19 heavy (non-hydrogen) atoms. The molecule has 0 bridgehead atoms. The van der Waals surface area contributed by atoms with Gasteiger partial charge in [-0.15, -0.1) is 0 Å². The minimum absolute atomic E-state index is 0.186. The Balaban J connectivity index is 2.62. The Morgan fingerprint density at radius 2 is 1.84 bits per heavy atom. The molecule has 0 saturated carbocycles. The molecule has 2 aromatic rings. The van der Waals surface area contributed by atoms with E-state index in [1.165, 1.54) is 12.1 Å². The fourth-order valence-electron chi connectivity index (χ4n) is 1.63. The van der Waals surface area contributed by atoms with Crippen molar-refractivity contribution in [2.45, 2.75) is 19.8 Å². The fourth-order valence-corrected chi connectivity index (χ4v) is 2.91. The molecule has 0 spiro atoms. The summed E-state index contributed by atoms with van der Waals surface area (Å²) in [5.41, 5.74) is 1.39. The van der Waals surface area contributed by atoms with Gasteiger partial charge in [0.05, 0.1) is 10.2 Å². The predicted octanol–water partition coefficient (Wildman–Crippen LogP) is 5.58. The summed E-state index contributed by atoms with van der Waals surface area (Å²) in [6.07, 6.45) is 0. The van der Waals surface area contributed by atoms with Crippen LogP contribution < -0.4 is 0 Å². The summed E-state index contributed by atoms with van der Waals surface area (Å²) in [7, 11) is 0. The van der Waals surface area contributed by atoms with E-state index in [1.807, 2.05) is 13.8 Å². The van der Waals surface area contributed by atoms with E-state index in [-0.39, 0.29) is 11.7 Å². The minimum Gasteiger partial charge on any atom is -0.232 e. The number of benzene rings is 1. The van der Waals surface area contributed by atoms with E-state index in [9.17, 15) is 4.39 Å². The van der Waals surface area contributed by atoms with Crippen LogP contribution >= 0.6 is 43.5 Å². The highest BCUT2D eigenvalue weighted by Gasteiger charge is 2.15. The van der Waals surface area contributed by atoms with Crippen molar-refractivity contribution in [3.63, 3.8) is 0 Å². The lowest BCUT2D eigenvalue weighted by molar-refractivity contribution is 0.627. The van der Waals surface area contributed by atoms with E-state index in [1.54, 1.807) is 6.07 Å². The van der Waals surface area contributed by atoms with Crippen molar-refractivity contribution in [2.75, 3.05) is 0 Å². The van der Waals surface area contributed by atoms with Crippen LogP contribution in [0.2, 0.25) is 5.15 Å². The molecule has 6 heteroatoms. The quantitative estimate of drug-likeness (QED) is 0.606. The maximum atomic E-state index is 13.4. The molecule has 2 rings (SSSR count). The molecule has 0 fully saturated rings. The predicted molar refractivity (Wildman–Crippen MR) is 81.9 cm³/mol. The number of aromatic nitrogens is 2. The van der Waals surface area contributed by atoms with Crippen LogP contribution in [0.5, 0.6) is 0 Å². The number of nitrogens with zero attached hydrogens (tertiary/aromatic N) is 2. The first-order chi connectivity index (χ1) is 8.88. The third kappa shape index (κ3) is 3.33. The van der Waals surface area contributed by atoms with Crippen LogP contribution in [0.15, 0.2) is 27.1 Å². The Labute approximate surface area is 132 Å². The highest BCUT2D eigenvalue weighted by Crippen LogP contribution is 2.31. The van der Waals surface area contributed by atoms with Crippen molar-refractivity contribution in [3.8, 4) is 11.4 Å². The summed E-state index contributed by atoms with van der Waals surface area (Å²) in [5.74, 6) is 0.251. The topological polar surface area (TPSA) is 25.8 Å². The third-order valence-electron chi connectivity index (χ3n) is 2.50. The Morgan fingerprint density at radius 1 is 1.16 bits per heavy atom. The van der Waals surface area contributed by atoms with Gasteiger partial charge in [0.2, 0.25) is 0 Å². The highest BCUT2D eigenvalue weighted by atomic mass is 79.9. The van der Waals surface area contributed by atoms with Crippen molar-refractivity contribution in [1.29, 1.82) is 0 Å². The third-order valence-corrected chi connectivity index (χ3v) is 4.25. The van der Waals surface area contributed by atoms with Gasteiger partial charge in [0, 0.05) is 10.0 Å². The van der Waals surface area contributed by atoms with Gasteiger partial charge in [0.25, 0.3) is 0 Å². The number of halogens is 4. The molecule has 0 aliphatic rings. The van der Waals surface area contributed by atoms with Gasteiger partial charge in [0.15, 0.2) is 5.82 Å². The lowest BCUT2D eigenvalue weighted by Crippen LogP contribution is -2.00. The molecular weight excluding hydrogens is 398 g/mol. The highest BCUT2D eigenvalue weighted by molar-refractivity contribution is 9.10. The molecule has 1 aromatic carbocycles. The van der Waals surface area contributed by atoms with Crippen LogP contribution in [-0.2, 0) is 0 Å². The van der Waals surface area contributed by atoms with E-state index in [2.05, 4.69) is 41.8 Å². The van der Waals surface area contributed by atoms with Gasteiger partial charge in [-0.3, -0.25) is 0 Å². The molecule has 1 aromatic heterocycles. The van der Waals surface area contributed by atoms with Gasteiger partial charge in [-0.25, -0.2) is 14.4 Å². The SMILES string of the molecule is CC(C)c1nc(-c2cc(F)cc(Br)c2)nc(Cl)c1Br. The first kappa shape index (κ1) is 14.9. The Hall–Kier alpha value is -0.520. The van der Waals surface area contributed by atoms with Gasteiger partial charge < -0.3 is 0 Å². The van der Waals surface area contributed by atoms with Crippen LogP contribution in [0, 0.1) is 5.82 Å². The molecule has 0 aliphatic carbocycles. The average Bonchev–Trinajstić information content (AvgIpc) is 2.30. The normalized spacial score (nSPS) is 11.1.